The summed E-state index contributed by atoms with van der Waals surface area (Å²) in [6.07, 6.45) is 2.35. The molecule has 0 spiro atoms. The Labute approximate surface area is 191 Å². The van der Waals surface area contributed by atoms with Crippen molar-refractivity contribution in [3.63, 3.8) is 0 Å². The van der Waals surface area contributed by atoms with Gasteiger partial charge in [-0.15, -0.1) is 0 Å². The minimum absolute atomic E-state index is 0.151. The monoisotopic (exact) mass is 449 g/mol. The van der Waals surface area contributed by atoms with E-state index in [1.54, 1.807) is 54.9 Å². The molecule has 8 nitrogen and oxygen atoms in total. The Morgan fingerprint density at radius 1 is 0.909 bits per heavy atom. The van der Waals surface area contributed by atoms with Gasteiger partial charge in [0, 0.05) is 35.2 Å². The SMILES string of the molecule is Cc1noc(C)c1-c1cc(NC(=O)CCCCCC(=O)NO)cc(C(=O)c2ccccc2)c1. The van der Waals surface area contributed by atoms with Crippen LogP contribution in [0.2, 0.25) is 0 Å². The summed E-state index contributed by atoms with van der Waals surface area (Å²) in [6, 6.07) is 14.2. The van der Waals surface area contributed by atoms with Gasteiger partial charge in [0.25, 0.3) is 0 Å². The number of rotatable bonds is 10. The first kappa shape index (κ1) is 23.9. The molecule has 8 heteroatoms. The first-order valence-electron chi connectivity index (χ1n) is 10.8. The molecule has 0 bridgehead atoms. The van der Waals surface area contributed by atoms with Crippen LogP contribution in [0.3, 0.4) is 0 Å². The van der Waals surface area contributed by atoms with E-state index in [0.29, 0.717) is 47.5 Å². The molecule has 0 aliphatic rings. The summed E-state index contributed by atoms with van der Waals surface area (Å²) in [5.74, 6) is -0.148. The average molecular weight is 450 g/mol. The number of nitrogens with one attached hydrogen (secondary N) is 2. The fourth-order valence-corrected chi connectivity index (χ4v) is 3.65. The molecule has 0 unspecified atom stereocenters. The smallest absolute Gasteiger partial charge is 0.243 e. The average Bonchev–Trinajstić information content (AvgIpc) is 3.16. The van der Waals surface area contributed by atoms with Gasteiger partial charge in [0.15, 0.2) is 5.78 Å². The van der Waals surface area contributed by atoms with Crippen LogP contribution >= 0.6 is 0 Å². The predicted molar refractivity (Wildman–Crippen MR) is 123 cm³/mol. The number of amides is 2. The van der Waals surface area contributed by atoms with Gasteiger partial charge in [-0.3, -0.25) is 19.6 Å². The van der Waals surface area contributed by atoms with Crippen LogP contribution in [-0.4, -0.2) is 28.0 Å². The molecule has 1 aromatic heterocycles. The maximum Gasteiger partial charge on any atom is 0.243 e. The third-order valence-electron chi connectivity index (χ3n) is 5.27. The molecule has 0 radical (unpaired) electrons. The maximum absolute atomic E-state index is 13.1. The molecule has 0 saturated carbocycles. The van der Waals surface area contributed by atoms with Gasteiger partial charge in [-0.05, 0) is 50.5 Å². The first-order chi connectivity index (χ1) is 15.9. The summed E-state index contributed by atoms with van der Waals surface area (Å²) in [5, 5.41) is 15.4. The quantitative estimate of drug-likeness (QED) is 0.180. The van der Waals surface area contributed by atoms with Crippen LogP contribution in [0.5, 0.6) is 0 Å². The number of aromatic nitrogens is 1. The van der Waals surface area contributed by atoms with Gasteiger partial charge in [-0.2, -0.15) is 0 Å². The Morgan fingerprint density at radius 2 is 1.61 bits per heavy atom. The van der Waals surface area contributed by atoms with Crippen LogP contribution in [0.4, 0.5) is 5.69 Å². The number of hydroxylamine groups is 1. The number of unbranched alkanes of at least 4 members (excludes halogenated alkanes) is 2. The van der Waals surface area contributed by atoms with E-state index in [-0.39, 0.29) is 24.5 Å². The van der Waals surface area contributed by atoms with Crippen molar-refractivity contribution in [2.45, 2.75) is 46.0 Å². The predicted octanol–water partition coefficient (Wildman–Crippen LogP) is 4.58. The van der Waals surface area contributed by atoms with Crippen LogP contribution in [0.15, 0.2) is 53.1 Å². The number of ketones is 1. The molecule has 1 heterocycles. The molecule has 0 fully saturated rings. The number of hydrogen-bond donors (Lipinski definition) is 3. The maximum atomic E-state index is 13.1. The molecule has 172 valence electrons. The van der Waals surface area contributed by atoms with Crippen molar-refractivity contribution in [1.82, 2.24) is 10.6 Å². The van der Waals surface area contributed by atoms with Crippen LogP contribution in [-0.2, 0) is 9.59 Å². The third kappa shape index (κ3) is 6.36. The Kier molecular flexibility index (Phi) is 8.10. The first-order valence-corrected chi connectivity index (χ1v) is 10.8. The summed E-state index contributed by atoms with van der Waals surface area (Å²) in [7, 11) is 0. The van der Waals surface area contributed by atoms with Crippen LogP contribution in [0, 0.1) is 13.8 Å². The van der Waals surface area contributed by atoms with Crippen molar-refractivity contribution in [1.29, 1.82) is 0 Å². The summed E-state index contributed by atoms with van der Waals surface area (Å²) < 4.78 is 5.29. The minimum atomic E-state index is -0.439. The highest BCUT2D eigenvalue weighted by atomic mass is 16.5. The zero-order valence-electron chi connectivity index (χ0n) is 18.7. The molecule has 3 rings (SSSR count). The van der Waals surface area contributed by atoms with Crippen LogP contribution in [0.25, 0.3) is 11.1 Å². The van der Waals surface area contributed by atoms with Crippen LogP contribution in [0.1, 0.15) is 59.5 Å². The molecule has 3 N–H and O–H groups in total. The van der Waals surface area contributed by atoms with Gasteiger partial charge in [0.05, 0.1) is 5.69 Å². The third-order valence-corrected chi connectivity index (χ3v) is 5.27. The molecule has 3 aromatic rings. The summed E-state index contributed by atoms with van der Waals surface area (Å²) >= 11 is 0. The second kappa shape index (κ2) is 11.2. The van der Waals surface area contributed by atoms with Crippen molar-refractivity contribution in [2.24, 2.45) is 0 Å². The highest BCUT2D eigenvalue weighted by molar-refractivity contribution is 6.10. The van der Waals surface area contributed by atoms with E-state index in [1.807, 2.05) is 13.0 Å². The Morgan fingerprint density at radius 3 is 2.24 bits per heavy atom. The highest BCUT2D eigenvalue weighted by Crippen LogP contribution is 2.31. The van der Waals surface area contributed by atoms with Crippen molar-refractivity contribution >= 4 is 23.3 Å². The summed E-state index contributed by atoms with van der Waals surface area (Å²) in [6.45, 7) is 3.63. The molecular weight excluding hydrogens is 422 g/mol. The topological polar surface area (TPSA) is 122 Å². The van der Waals surface area contributed by atoms with E-state index < -0.39 is 5.91 Å². The van der Waals surface area contributed by atoms with E-state index in [9.17, 15) is 14.4 Å². The van der Waals surface area contributed by atoms with Crippen molar-refractivity contribution < 1.29 is 24.1 Å². The standard InChI is InChI=1S/C25H27N3O5/c1-16-24(17(2)33-28-16)19-13-20(25(31)18-9-5-3-6-10-18)15-21(14-19)26-22(29)11-7-4-8-12-23(30)27-32/h3,5-6,9-10,13-15,32H,4,7-8,11-12H2,1-2H3,(H,26,29)(H,27,30). The lowest BCUT2D eigenvalue weighted by atomic mass is 9.96. The van der Waals surface area contributed by atoms with Gasteiger partial charge in [-0.25, -0.2) is 5.48 Å². The summed E-state index contributed by atoms with van der Waals surface area (Å²) in [4.78, 5) is 36.6. The zero-order valence-corrected chi connectivity index (χ0v) is 18.7. The number of aryl methyl sites for hydroxylation is 2. The van der Waals surface area contributed by atoms with Gasteiger partial charge >= 0.3 is 0 Å². The molecule has 33 heavy (non-hydrogen) atoms. The number of hydrogen-bond acceptors (Lipinski definition) is 6. The van der Waals surface area contributed by atoms with Crippen molar-refractivity contribution in [2.75, 3.05) is 5.32 Å². The van der Waals surface area contributed by atoms with E-state index in [4.69, 9.17) is 9.73 Å². The largest absolute Gasteiger partial charge is 0.361 e. The number of nitrogens with zero attached hydrogens (tertiary/aromatic N) is 1. The minimum Gasteiger partial charge on any atom is -0.361 e. The number of carbonyl (C=O) groups is 3. The van der Waals surface area contributed by atoms with Crippen molar-refractivity contribution in [3.8, 4) is 11.1 Å². The number of benzene rings is 2. The van der Waals surface area contributed by atoms with E-state index in [1.165, 1.54) is 0 Å². The molecule has 2 aromatic carbocycles. The Bertz CT molecular complexity index is 1120. The second-order valence-electron chi connectivity index (χ2n) is 7.84. The lowest BCUT2D eigenvalue weighted by molar-refractivity contribution is -0.129. The van der Waals surface area contributed by atoms with Gasteiger partial charge in [-0.1, -0.05) is 41.9 Å². The number of carbonyl (C=O) groups excluding carboxylic acids is 3. The Balaban J connectivity index is 1.79. The second-order valence-corrected chi connectivity index (χ2v) is 7.84. The van der Waals surface area contributed by atoms with Gasteiger partial charge in [0.2, 0.25) is 11.8 Å². The van der Waals surface area contributed by atoms with Gasteiger partial charge in [0.1, 0.15) is 5.76 Å². The molecule has 0 aliphatic carbocycles. The zero-order chi connectivity index (χ0) is 23.8. The van der Waals surface area contributed by atoms with E-state index >= 15 is 0 Å². The normalized spacial score (nSPS) is 10.6. The van der Waals surface area contributed by atoms with Crippen LogP contribution < -0.4 is 10.8 Å². The lowest BCUT2D eigenvalue weighted by Crippen LogP contribution is -2.17. The molecule has 2 amide bonds. The molecule has 0 atom stereocenters. The highest BCUT2D eigenvalue weighted by Gasteiger charge is 2.17. The van der Waals surface area contributed by atoms with Gasteiger partial charge < -0.3 is 9.84 Å². The van der Waals surface area contributed by atoms with E-state index in [2.05, 4.69) is 10.5 Å². The fourth-order valence-electron chi connectivity index (χ4n) is 3.65. The Hall–Kier alpha value is -3.78. The number of anilines is 1. The molecular formula is C25H27N3O5. The van der Waals surface area contributed by atoms with Crippen molar-refractivity contribution in [3.05, 3.63) is 71.1 Å². The van der Waals surface area contributed by atoms with E-state index in [0.717, 1.165) is 11.1 Å². The summed E-state index contributed by atoms with van der Waals surface area (Å²) in [5.41, 5.74) is 5.32. The molecule has 0 saturated heterocycles. The fraction of sp³-hybridized carbons (Fsp3) is 0.280. The lowest BCUT2D eigenvalue weighted by Gasteiger charge is -2.11. The molecule has 0 aliphatic heterocycles.